The third kappa shape index (κ3) is 3.63. The van der Waals surface area contributed by atoms with Crippen molar-refractivity contribution < 1.29 is 9.47 Å². The molecule has 0 amide bonds. The van der Waals surface area contributed by atoms with E-state index in [0.717, 1.165) is 26.2 Å². The monoisotopic (exact) mass is 242 g/mol. The van der Waals surface area contributed by atoms with Crippen molar-refractivity contribution in [2.75, 3.05) is 26.4 Å². The van der Waals surface area contributed by atoms with Crippen molar-refractivity contribution in [3.05, 3.63) is 23.4 Å². The Bertz CT molecular complexity index is 312. The lowest BCUT2D eigenvalue weighted by Gasteiger charge is -2.10. The molecule has 1 aromatic heterocycles. The molecule has 2 rings (SSSR count). The van der Waals surface area contributed by atoms with Crippen LogP contribution in [0.2, 0.25) is 5.02 Å². The summed E-state index contributed by atoms with van der Waals surface area (Å²) in [6.45, 7) is 3.07. The van der Waals surface area contributed by atoms with Crippen molar-refractivity contribution in [1.82, 2.24) is 10.3 Å². The zero-order valence-electron chi connectivity index (χ0n) is 8.99. The molecule has 1 aliphatic rings. The summed E-state index contributed by atoms with van der Waals surface area (Å²) >= 11 is 5.71. The molecule has 1 saturated heterocycles. The predicted octanol–water partition coefficient (Wildman–Crippen LogP) is 1.49. The largest absolute Gasteiger partial charge is 0.476 e. The van der Waals surface area contributed by atoms with Gasteiger partial charge in [-0.15, -0.1) is 0 Å². The Kier molecular flexibility index (Phi) is 4.39. The summed E-state index contributed by atoms with van der Waals surface area (Å²) in [5.74, 6) is 0.605. The molecule has 0 saturated carbocycles. The van der Waals surface area contributed by atoms with E-state index in [1.165, 1.54) is 0 Å². The number of halogens is 1. The maximum atomic E-state index is 5.71. The van der Waals surface area contributed by atoms with E-state index in [0.29, 0.717) is 23.6 Å². The number of hydrogen-bond donors (Lipinski definition) is 1. The fourth-order valence-electron chi connectivity index (χ4n) is 1.56. The highest BCUT2D eigenvalue weighted by atomic mass is 35.5. The van der Waals surface area contributed by atoms with E-state index < -0.39 is 0 Å². The van der Waals surface area contributed by atoms with Gasteiger partial charge in [0.05, 0.1) is 11.6 Å². The molecule has 1 aromatic rings. The lowest BCUT2D eigenvalue weighted by atomic mass is 10.3. The predicted molar refractivity (Wildman–Crippen MR) is 62.0 cm³/mol. The first-order valence-electron chi connectivity index (χ1n) is 5.40. The Morgan fingerprint density at radius 1 is 1.56 bits per heavy atom. The maximum Gasteiger partial charge on any atom is 0.213 e. The van der Waals surface area contributed by atoms with Crippen LogP contribution in [0.5, 0.6) is 5.88 Å². The molecule has 1 fully saturated rings. The molecular weight excluding hydrogens is 228 g/mol. The molecule has 0 spiro atoms. The van der Waals surface area contributed by atoms with Crippen LogP contribution in [0.15, 0.2) is 18.3 Å². The van der Waals surface area contributed by atoms with Gasteiger partial charge in [-0.3, -0.25) is 0 Å². The van der Waals surface area contributed by atoms with Crippen LogP contribution in [0.3, 0.4) is 0 Å². The van der Waals surface area contributed by atoms with Gasteiger partial charge < -0.3 is 14.8 Å². The van der Waals surface area contributed by atoms with Crippen LogP contribution < -0.4 is 10.1 Å². The number of nitrogens with zero attached hydrogens (tertiary/aromatic N) is 1. The molecule has 1 aliphatic heterocycles. The molecule has 2 heterocycles. The summed E-state index contributed by atoms with van der Waals surface area (Å²) in [6.07, 6.45) is 2.66. The van der Waals surface area contributed by atoms with Gasteiger partial charge in [0.2, 0.25) is 5.88 Å². The molecule has 0 aromatic carbocycles. The highest BCUT2D eigenvalue weighted by molar-refractivity contribution is 6.30. The Hall–Kier alpha value is -0.840. The summed E-state index contributed by atoms with van der Waals surface area (Å²) in [4.78, 5) is 4.04. The van der Waals surface area contributed by atoms with Crippen molar-refractivity contribution in [2.45, 2.75) is 12.5 Å². The Morgan fingerprint density at radius 3 is 3.19 bits per heavy atom. The topological polar surface area (TPSA) is 43.4 Å². The minimum absolute atomic E-state index is 0.474. The first-order chi connectivity index (χ1) is 7.84. The number of rotatable bonds is 5. The van der Waals surface area contributed by atoms with E-state index in [1.54, 1.807) is 18.3 Å². The molecule has 1 N–H and O–H groups in total. The van der Waals surface area contributed by atoms with Gasteiger partial charge in [-0.1, -0.05) is 11.6 Å². The van der Waals surface area contributed by atoms with E-state index in [2.05, 4.69) is 10.3 Å². The normalized spacial score (nSPS) is 19.9. The first kappa shape index (κ1) is 11.6. The average molecular weight is 243 g/mol. The summed E-state index contributed by atoms with van der Waals surface area (Å²) in [5, 5.41) is 3.98. The minimum atomic E-state index is 0.474. The fourth-order valence-corrected chi connectivity index (χ4v) is 1.67. The molecular formula is C11H15ClN2O2. The molecule has 5 heteroatoms. The number of ether oxygens (including phenoxy) is 2. The van der Waals surface area contributed by atoms with Gasteiger partial charge in [0.1, 0.15) is 6.61 Å². The SMILES string of the molecule is Clc1ccc(OCCNC2CCOC2)nc1. The van der Waals surface area contributed by atoms with E-state index in [4.69, 9.17) is 21.1 Å². The lowest BCUT2D eigenvalue weighted by Crippen LogP contribution is -2.32. The van der Waals surface area contributed by atoms with Gasteiger partial charge in [-0.25, -0.2) is 4.98 Å². The van der Waals surface area contributed by atoms with Gasteiger partial charge in [0.25, 0.3) is 0 Å². The summed E-state index contributed by atoms with van der Waals surface area (Å²) in [5.41, 5.74) is 0. The minimum Gasteiger partial charge on any atom is -0.476 e. The van der Waals surface area contributed by atoms with Crippen LogP contribution in [-0.4, -0.2) is 37.4 Å². The number of nitrogens with one attached hydrogen (secondary N) is 1. The molecule has 1 unspecified atom stereocenters. The van der Waals surface area contributed by atoms with Gasteiger partial charge in [0, 0.05) is 31.5 Å². The van der Waals surface area contributed by atoms with Gasteiger partial charge in [0.15, 0.2) is 0 Å². The molecule has 0 radical (unpaired) electrons. The fraction of sp³-hybridized carbons (Fsp3) is 0.545. The van der Waals surface area contributed by atoms with Crippen molar-refractivity contribution in [2.24, 2.45) is 0 Å². The summed E-state index contributed by atoms with van der Waals surface area (Å²) < 4.78 is 10.7. The van der Waals surface area contributed by atoms with E-state index in [9.17, 15) is 0 Å². The number of hydrogen-bond acceptors (Lipinski definition) is 4. The molecule has 4 nitrogen and oxygen atoms in total. The Labute approximate surface area is 99.9 Å². The second-order valence-corrected chi connectivity index (χ2v) is 4.11. The average Bonchev–Trinajstić information content (AvgIpc) is 2.80. The molecule has 16 heavy (non-hydrogen) atoms. The van der Waals surface area contributed by atoms with E-state index in [-0.39, 0.29) is 0 Å². The standard InChI is InChI=1S/C11H15ClN2O2/c12-9-1-2-11(14-7-9)16-6-4-13-10-3-5-15-8-10/h1-2,7,10,13H,3-6,8H2. The second kappa shape index (κ2) is 6.03. The van der Waals surface area contributed by atoms with Gasteiger partial charge >= 0.3 is 0 Å². The highest BCUT2D eigenvalue weighted by Gasteiger charge is 2.13. The van der Waals surface area contributed by atoms with Crippen molar-refractivity contribution >= 4 is 11.6 Å². The van der Waals surface area contributed by atoms with Crippen molar-refractivity contribution in [1.29, 1.82) is 0 Å². The molecule has 0 bridgehead atoms. The zero-order valence-corrected chi connectivity index (χ0v) is 9.74. The summed E-state index contributed by atoms with van der Waals surface area (Å²) in [7, 11) is 0. The summed E-state index contributed by atoms with van der Waals surface area (Å²) in [6, 6.07) is 4.00. The quantitative estimate of drug-likeness (QED) is 0.795. The van der Waals surface area contributed by atoms with Crippen molar-refractivity contribution in [3.8, 4) is 5.88 Å². The third-order valence-corrected chi connectivity index (χ3v) is 2.64. The third-order valence-electron chi connectivity index (χ3n) is 2.41. The number of aromatic nitrogens is 1. The molecule has 88 valence electrons. The van der Waals surface area contributed by atoms with E-state index >= 15 is 0 Å². The van der Waals surface area contributed by atoms with Gasteiger partial charge in [-0.2, -0.15) is 0 Å². The lowest BCUT2D eigenvalue weighted by molar-refractivity contribution is 0.188. The van der Waals surface area contributed by atoms with Crippen LogP contribution in [0.1, 0.15) is 6.42 Å². The first-order valence-corrected chi connectivity index (χ1v) is 5.78. The van der Waals surface area contributed by atoms with Crippen LogP contribution in [0.4, 0.5) is 0 Å². The van der Waals surface area contributed by atoms with Crippen LogP contribution >= 0.6 is 11.6 Å². The molecule has 1 atom stereocenters. The smallest absolute Gasteiger partial charge is 0.213 e. The Balaban J connectivity index is 1.62. The van der Waals surface area contributed by atoms with Crippen LogP contribution in [0, 0.1) is 0 Å². The maximum absolute atomic E-state index is 5.71. The number of pyridine rings is 1. The Morgan fingerprint density at radius 2 is 2.50 bits per heavy atom. The van der Waals surface area contributed by atoms with Crippen LogP contribution in [0.25, 0.3) is 0 Å². The van der Waals surface area contributed by atoms with E-state index in [1.807, 2.05) is 0 Å². The zero-order chi connectivity index (χ0) is 11.2. The second-order valence-electron chi connectivity index (χ2n) is 3.68. The highest BCUT2D eigenvalue weighted by Crippen LogP contribution is 2.11. The van der Waals surface area contributed by atoms with Crippen LogP contribution in [-0.2, 0) is 4.74 Å². The van der Waals surface area contributed by atoms with Gasteiger partial charge in [-0.05, 0) is 12.5 Å². The van der Waals surface area contributed by atoms with Crippen molar-refractivity contribution in [3.63, 3.8) is 0 Å². The molecule has 0 aliphatic carbocycles.